The third kappa shape index (κ3) is 2.89. The second-order valence-electron chi connectivity index (χ2n) is 7.83. The van der Waals surface area contributed by atoms with Gasteiger partial charge in [0.2, 0.25) is 0 Å². The third-order valence-electron chi connectivity index (χ3n) is 5.31. The van der Waals surface area contributed by atoms with Gasteiger partial charge in [0, 0.05) is 11.8 Å². The van der Waals surface area contributed by atoms with Crippen LogP contribution in [0.3, 0.4) is 0 Å². The average Bonchev–Trinajstić information content (AvgIpc) is 2.69. The molecule has 0 N–H and O–H groups in total. The maximum Gasteiger partial charge on any atom is 0.495 e. The molecule has 0 unspecified atom stereocenters. The Bertz CT molecular complexity index is 767. The molecule has 2 heterocycles. The van der Waals surface area contributed by atoms with E-state index in [2.05, 4.69) is 71.6 Å². The fourth-order valence-electron chi connectivity index (χ4n) is 3.02. The largest absolute Gasteiger partial charge is 0.495 e. The summed E-state index contributed by atoms with van der Waals surface area (Å²) in [6.07, 6.45) is 1.86. The molecule has 0 saturated carbocycles. The molecule has 0 amide bonds. The highest BCUT2D eigenvalue weighted by atomic mass is 16.7. The molecule has 1 aromatic heterocycles. The van der Waals surface area contributed by atoms with Crippen molar-refractivity contribution in [3.8, 4) is 11.3 Å². The molecule has 1 aliphatic heterocycles. The van der Waals surface area contributed by atoms with Crippen LogP contribution >= 0.6 is 0 Å². The van der Waals surface area contributed by atoms with Gasteiger partial charge in [0.25, 0.3) is 0 Å². The predicted octanol–water partition coefficient (Wildman–Crippen LogP) is 3.97. The highest BCUT2D eigenvalue weighted by Gasteiger charge is 2.52. The molecule has 3 rings (SSSR count). The lowest BCUT2D eigenvalue weighted by atomic mass is 9.74. The molecule has 1 aromatic carbocycles. The molecular weight excluding hydrogens is 297 g/mol. The van der Waals surface area contributed by atoms with Crippen molar-refractivity contribution in [1.29, 1.82) is 0 Å². The lowest BCUT2D eigenvalue weighted by Crippen LogP contribution is -2.41. The third-order valence-corrected chi connectivity index (χ3v) is 5.31. The fraction of sp³-hybridized carbons (Fsp3) is 0.450. The van der Waals surface area contributed by atoms with Gasteiger partial charge in [-0.2, -0.15) is 0 Å². The van der Waals surface area contributed by atoms with E-state index in [1.54, 1.807) is 0 Å². The summed E-state index contributed by atoms with van der Waals surface area (Å²) in [5.74, 6) is 0. The number of nitrogens with zero attached hydrogens (tertiary/aromatic N) is 1. The van der Waals surface area contributed by atoms with Crippen LogP contribution in [0, 0.1) is 20.8 Å². The van der Waals surface area contributed by atoms with E-state index in [1.807, 2.05) is 12.3 Å². The molecule has 3 nitrogen and oxygen atoms in total. The Morgan fingerprint density at radius 3 is 2.08 bits per heavy atom. The maximum absolute atomic E-state index is 6.21. The molecule has 2 aromatic rings. The standard InChI is InChI=1S/C20H26BNO2/c1-13-8-9-22-18(10-13)16-11-15(3)17(12-14(16)2)21-23-19(4,5)20(6,7)24-21/h8-12H,1-7H3. The van der Waals surface area contributed by atoms with Crippen molar-refractivity contribution >= 4 is 12.6 Å². The van der Waals surface area contributed by atoms with Crippen LogP contribution < -0.4 is 5.46 Å². The Kier molecular flexibility index (Phi) is 4.09. The zero-order valence-corrected chi connectivity index (χ0v) is 15.7. The SMILES string of the molecule is Cc1ccnc(-c2cc(C)c(B3OC(C)(C)C(C)(C)O3)cc2C)c1. The van der Waals surface area contributed by atoms with Crippen LogP contribution in [0.4, 0.5) is 0 Å². The van der Waals surface area contributed by atoms with Gasteiger partial charge in [-0.05, 0) is 83.3 Å². The number of hydrogen-bond donors (Lipinski definition) is 0. The first-order valence-corrected chi connectivity index (χ1v) is 8.50. The first-order valence-electron chi connectivity index (χ1n) is 8.50. The molecule has 0 bridgehead atoms. The second kappa shape index (κ2) is 5.71. The summed E-state index contributed by atoms with van der Waals surface area (Å²) in [6.45, 7) is 14.7. The molecule has 24 heavy (non-hydrogen) atoms. The molecule has 0 aliphatic carbocycles. The summed E-state index contributed by atoms with van der Waals surface area (Å²) in [5.41, 5.74) is 6.19. The van der Waals surface area contributed by atoms with Crippen LogP contribution in [0.1, 0.15) is 44.4 Å². The molecule has 1 fully saturated rings. The van der Waals surface area contributed by atoms with Gasteiger partial charge in [0.1, 0.15) is 0 Å². The Balaban J connectivity index is 2.00. The highest BCUT2D eigenvalue weighted by molar-refractivity contribution is 6.62. The Morgan fingerprint density at radius 1 is 0.875 bits per heavy atom. The van der Waals surface area contributed by atoms with E-state index in [1.165, 1.54) is 11.1 Å². The number of benzene rings is 1. The zero-order chi connectivity index (χ0) is 17.7. The van der Waals surface area contributed by atoms with Crippen molar-refractivity contribution in [2.24, 2.45) is 0 Å². The first-order chi connectivity index (χ1) is 11.1. The van der Waals surface area contributed by atoms with E-state index in [4.69, 9.17) is 9.31 Å². The molecule has 0 atom stereocenters. The Morgan fingerprint density at radius 2 is 1.50 bits per heavy atom. The second-order valence-corrected chi connectivity index (χ2v) is 7.83. The van der Waals surface area contributed by atoms with Gasteiger partial charge in [0.05, 0.1) is 16.9 Å². The van der Waals surface area contributed by atoms with Crippen LogP contribution in [0.15, 0.2) is 30.5 Å². The minimum atomic E-state index is -0.326. The van der Waals surface area contributed by atoms with Crippen LogP contribution in [-0.2, 0) is 9.31 Å². The molecule has 4 heteroatoms. The summed E-state index contributed by atoms with van der Waals surface area (Å²) in [7, 11) is -0.326. The van der Waals surface area contributed by atoms with Gasteiger partial charge in [-0.1, -0.05) is 11.6 Å². The summed E-state index contributed by atoms with van der Waals surface area (Å²) < 4.78 is 12.4. The number of rotatable bonds is 2. The summed E-state index contributed by atoms with van der Waals surface area (Å²) in [5, 5.41) is 0. The van der Waals surface area contributed by atoms with Crippen LogP contribution in [0.5, 0.6) is 0 Å². The van der Waals surface area contributed by atoms with Gasteiger partial charge in [-0.3, -0.25) is 4.98 Å². The van der Waals surface area contributed by atoms with Crippen LogP contribution in [-0.4, -0.2) is 23.3 Å². The van der Waals surface area contributed by atoms with Gasteiger partial charge in [-0.25, -0.2) is 0 Å². The van der Waals surface area contributed by atoms with Crippen molar-refractivity contribution in [2.75, 3.05) is 0 Å². The van der Waals surface area contributed by atoms with Crippen LogP contribution in [0.25, 0.3) is 11.3 Å². The summed E-state index contributed by atoms with van der Waals surface area (Å²) >= 11 is 0. The van der Waals surface area contributed by atoms with Crippen molar-refractivity contribution in [2.45, 2.75) is 59.7 Å². The number of aromatic nitrogens is 1. The molecule has 1 saturated heterocycles. The average molecular weight is 323 g/mol. The Hall–Kier alpha value is -1.65. The van der Waals surface area contributed by atoms with Crippen molar-refractivity contribution in [3.63, 3.8) is 0 Å². The summed E-state index contributed by atoms with van der Waals surface area (Å²) in [4.78, 5) is 4.52. The van der Waals surface area contributed by atoms with Crippen LogP contribution in [0.2, 0.25) is 0 Å². The molecular formula is C20H26BNO2. The van der Waals surface area contributed by atoms with Crippen molar-refractivity contribution in [1.82, 2.24) is 4.98 Å². The molecule has 0 spiro atoms. The summed E-state index contributed by atoms with van der Waals surface area (Å²) in [6, 6.07) is 8.51. The van der Waals surface area contributed by atoms with E-state index in [0.717, 1.165) is 22.3 Å². The normalized spacial score (nSPS) is 18.9. The Labute approximate surface area is 145 Å². The van der Waals surface area contributed by atoms with E-state index in [0.29, 0.717) is 0 Å². The minimum absolute atomic E-state index is 0.325. The predicted molar refractivity (Wildman–Crippen MR) is 99.6 cm³/mol. The van der Waals surface area contributed by atoms with Gasteiger partial charge in [-0.15, -0.1) is 0 Å². The molecule has 0 radical (unpaired) electrons. The van der Waals surface area contributed by atoms with E-state index in [9.17, 15) is 0 Å². The fourth-order valence-corrected chi connectivity index (χ4v) is 3.02. The lowest BCUT2D eigenvalue weighted by molar-refractivity contribution is 0.00578. The number of pyridine rings is 1. The molecule has 1 aliphatic rings. The topological polar surface area (TPSA) is 31.4 Å². The molecule has 126 valence electrons. The number of aryl methyl sites for hydroxylation is 3. The van der Waals surface area contributed by atoms with E-state index in [-0.39, 0.29) is 18.3 Å². The smallest absolute Gasteiger partial charge is 0.399 e. The van der Waals surface area contributed by atoms with Crippen molar-refractivity contribution in [3.05, 3.63) is 47.2 Å². The quantitative estimate of drug-likeness (QED) is 0.784. The van der Waals surface area contributed by atoms with E-state index < -0.39 is 0 Å². The van der Waals surface area contributed by atoms with Gasteiger partial charge in [0.15, 0.2) is 0 Å². The first kappa shape index (κ1) is 17.2. The van der Waals surface area contributed by atoms with Gasteiger partial charge >= 0.3 is 7.12 Å². The van der Waals surface area contributed by atoms with Gasteiger partial charge < -0.3 is 9.31 Å². The number of hydrogen-bond acceptors (Lipinski definition) is 3. The highest BCUT2D eigenvalue weighted by Crippen LogP contribution is 2.37. The van der Waals surface area contributed by atoms with E-state index >= 15 is 0 Å². The monoisotopic (exact) mass is 323 g/mol. The van der Waals surface area contributed by atoms with Crippen molar-refractivity contribution < 1.29 is 9.31 Å². The lowest BCUT2D eigenvalue weighted by Gasteiger charge is -2.32. The zero-order valence-electron chi connectivity index (χ0n) is 15.7. The minimum Gasteiger partial charge on any atom is -0.399 e. The maximum atomic E-state index is 6.21.